The molecule has 24 heavy (non-hydrogen) atoms. The predicted molar refractivity (Wildman–Crippen MR) is 101 cm³/mol. The van der Waals surface area contributed by atoms with Crippen molar-refractivity contribution in [1.82, 2.24) is 9.97 Å². The van der Waals surface area contributed by atoms with Crippen LogP contribution < -0.4 is 5.73 Å². The van der Waals surface area contributed by atoms with Gasteiger partial charge in [0.15, 0.2) is 5.16 Å². The van der Waals surface area contributed by atoms with E-state index < -0.39 is 0 Å². The molecule has 2 aromatic rings. The van der Waals surface area contributed by atoms with Crippen LogP contribution in [-0.2, 0) is 5.75 Å². The van der Waals surface area contributed by atoms with Gasteiger partial charge in [0.25, 0.3) is 0 Å². The minimum Gasteiger partial charge on any atom is -0.382 e. The van der Waals surface area contributed by atoms with Gasteiger partial charge in [0.2, 0.25) is 0 Å². The summed E-state index contributed by atoms with van der Waals surface area (Å²) in [6.07, 6.45) is 5.83. The lowest BCUT2D eigenvalue weighted by atomic mass is 9.85. The lowest BCUT2D eigenvalue weighted by molar-refractivity contribution is 0.433. The Morgan fingerprint density at radius 3 is 2.54 bits per heavy atom. The molecule has 1 aromatic carbocycles. The van der Waals surface area contributed by atoms with Gasteiger partial charge in [0.05, 0.1) is 5.69 Å². The number of nitrogens with two attached hydrogens (primary N) is 1. The Labute approximate surface area is 155 Å². The van der Waals surface area contributed by atoms with E-state index in [0.717, 1.165) is 28.8 Å². The highest BCUT2D eigenvalue weighted by Crippen LogP contribution is 2.35. The van der Waals surface area contributed by atoms with Gasteiger partial charge in [-0.15, -0.1) is 0 Å². The molecule has 0 radical (unpaired) electrons. The van der Waals surface area contributed by atoms with Crippen molar-refractivity contribution < 1.29 is 0 Å². The van der Waals surface area contributed by atoms with Gasteiger partial charge in [-0.3, -0.25) is 0 Å². The summed E-state index contributed by atoms with van der Waals surface area (Å²) < 4.78 is 1.06. The number of benzene rings is 1. The van der Waals surface area contributed by atoms with E-state index in [2.05, 4.69) is 39.1 Å². The molecular formula is C18H19BrN4S. The Balaban J connectivity index is 1.81. The molecule has 1 fully saturated rings. The van der Waals surface area contributed by atoms with Gasteiger partial charge < -0.3 is 5.73 Å². The molecule has 1 aliphatic rings. The minimum absolute atomic E-state index is 0.311. The molecule has 124 valence electrons. The average Bonchev–Trinajstić information content (AvgIpc) is 2.61. The van der Waals surface area contributed by atoms with Crippen LogP contribution in [0, 0.1) is 11.3 Å². The Bertz CT molecular complexity index is 749. The maximum absolute atomic E-state index is 9.43. The van der Waals surface area contributed by atoms with Crippen molar-refractivity contribution in [3.05, 3.63) is 45.6 Å². The third-order valence-electron chi connectivity index (χ3n) is 4.33. The number of nitriles is 1. The first kappa shape index (κ1) is 17.2. The van der Waals surface area contributed by atoms with E-state index >= 15 is 0 Å². The van der Waals surface area contributed by atoms with E-state index in [1.807, 2.05) is 12.1 Å². The molecule has 1 saturated carbocycles. The van der Waals surface area contributed by atoms with Crippen molar-refractivity contribution in [2.75, 3.05) is 5.73 Å². The topological polar surface area (TPSA) is 75.6 Å². The number of hydrogen-bond acceptors (Lipinski definition) is 5. The third kappa shape index (κ3) is 4.08. The minimum atomic E-state index is 0.311. The van der Waals surface area contributed by atoms with Crippen LogP contribution in [0.3, 0.4) is 0 Å². The summed E-state index contributed by atoms with van der Waals surface area (Å²) in [6, 6.07) is 10.4. The summed E-state index contributed by atoms with van der Waals surface area (Å²) >= 11 is 5.01. The molecule has 1 aromatic heterocycles. The second kappa shape index (κ2) is 8.00. The van der Waals surface area contributed by atoms with Gasteiger partial charge in [0, 0.05) is 16.1 Å². The Morgan fingerprint density at radius 2 is 1.88 bits per heavy atom. The van der Waals surface area contributed by atoms with Gasteiger partial charge in [-0.25, -0.2) is 9.97 Å². The molecule has 4 nitrogen and oxygen atoms in total. The highest BCUT2D eigenvalue weighted by atomic mass is 79.9. The molecule has 0 atom stereocenters. The summed E-state index contributed by atoms with van der Waals surface area (Å²) in [5.74, 6) is 1.43. The van der Waals surface area contributed by atoms with Gasteiger partial charge in [0.1, 0.15) is 17.5 Å². The number of thioether (sulfide) groups is 1. The van der Waals surface area contributed by atoms with Crippen LogP contribution >= 0.6 is 27.7 Å². The molecule has 0 unspecified atom stereocenters. The van der Waals surface area contributed by atoms with E-state index in [9.17, 15) is 5.26 Å². The van der Waals surface area contributed by atoms with Crippen molar-refractivity contribution in [3.63, 3.8) is 0 Å². The SMILES string of the molecule is N#Cc1c(N)nc(SCc2ccc(Br)cc2)nc1C1CCCCC1. The smallest absolute Gasteiger partial charge is 0.190 e. The van der Waals surface area contributed by atoms with Crippen molar-refractivity contribution in [3.8, 4) is 6.07 Å². The standard InChI is InChI=1S/C18H19BrN4S/c19-14-8-6-12(7-9-14)11-24-18-22-16(13-4-2-1-3-5-13)15(10-20)17(21)23-18/h6-9,13H,1-5,11H2,(H2,21,22,23). The second-order valence-electron chi connectivity index (χ2n) is 6.01. The first-order chi connectivity index (χ1) is 11.7. The summed E-state index contributed by atoms with van der Waals surface area (Å²) in [7, 11) is 0. The molecule has 6 heteroatoms. The molecule has 1 heterocycles. The predicted octanol–water partition coefficient (Wildman–Crippen LogP) is 5.03. The molecule has 3 rings (SSSR count). The first-order valence-corrected chi connectivity index (χ1v) is 9.90. The maximum atomic E-state index is 9.43. The zero-order valence-electron chi connectivity index (χ0n) is 13.3. The number of nitrogens with zero attached hydrogens (tertiary/aromatic N) is 3. The number of rotatable bonds is 4. The fourth-order valence-electron chi connectivity index (χ4n) is 3.05. The zero-order valence-corrected chi connectivity index (χ0v) is 15.7. The van der Waals surface area contributed by atoms with Crippen LogP contribution in [0.4, 0.5) is 5.82 Å². The second-order valence-corrected chi connectivity index (χ2v) is 7.87. The Morgan fingerprint density at radius 1 is 1.17 bits per heavy atom. The van der Waals surface area contributed by atoms with Gasteiger partial charge in [-0.05, 0) is 30.5 Å². The van der Waals surface area contributed by atoms with Gasteiger partial charge in [-0.2, -0.15) is 5.26 Å². The maximum Gasteiger partial charge on any atom is 0.190 e. The fourth-order valence-corrected chi connectivity index (χ4v) is 4.13. The number of halogens is 1. The quantitative estimate of drug-likeness (QED) is 0.572. The van der Waals surface area contributed by atoms with E-state index in [-0.39, 0.29) is 0 Å². The van der Waals surface area contributed by atoms with Crippen LogP contribution in [0.1, 0.15) is 54.8 Å². The van der Waals surface area contributed by atoms with Crippen LogP contribution in [0.2, 0.25) is 0 Å². The third-order valence-corrected chi connectivity index (χ3v) is 5.78. The van der Waals surface area contributed by atoms with Crippen LogP contribution in [0.25, 0.3) is 0 Å². The summed E-state index contributed by atoms with van der Waals surface area (Å²) in [4.78, 5) is 9.03. The van der Waals surface area contributed by atoms with Gasteiger partial charge in [-0.1, -0.05) is 59.1 Å². The molecule has 2 N–H and O–H groups in total. The molecule has 0 saturated heterocycles. The number of hydrogen-bond donors (Lipinski definition) is 1. The normalized spacial score (nSPS) is 15.2. The van der Waals surface area contributed by atoms with Crippen molar-refractivity contribution in [2.45, 2.75) is 48.9 Å². The summed E-state index contributed by atoms with van der Waals surface area (Å²) in [5, 5.41) is 10.1. The number of aromatic nitrogens is 2. The largest absolute Gasteiger partial charge is 0.382 e. The van der Waals surface area contributed by atoms with Crippen LogP contribution in [0.5, 0.6) is 0 Å². The van der Waals surface area contributed by atoms with Crippen LogP contribution in [-0.4, -0.2) is 9.97 Å². The van der Waals surface area contributed by atoms with E-state index in [0.29, 0.717) is 22.5 Å². The molecule has 1 aliphatic carbocycles. The van der Waals surface area contributed by atoms with Crippen molar-refractivity contribution >= 4 is 33.5 Å². The number of nitrogen functional groups attached to an aromatic ring is 1. The summed E-state index contributed by atoms with van der Waals surface area (Å²) in [5.41, 5.74) is 8.56. The van der Waals surface area contributed by atoms with Crippen LogP contribution in [0.15, 0.2) is 33.9 Å². The highest BCUT2D eigenvalue weighted by Gasteiger charge is 2.23. The highest BCUT2D eigenvalue weighted by molar-refractivity contribution is 9.10. The fraction of sp³-hybridized carbons (Fsp3) is 0.389. The lowest BCUT2D eigenvalue weighted by Gasteiger charge is -2.22. The van der Waals surface area contributed by atoms with Crippen molar-refractivity contribution in [2.24, 2.45) is 0 Å². The zero-order chi connectivity index (χ0) is 16.9. The lowest BCUT2D eigenvalue weighted by Crippen LogP contribution is -2.12. The first-order valence-electron chi connectivity index (χ1n) is 8.12. The van der Waals surface area contributed by atoms with Gasteiger partial charge >= 0.3 is 0 Å². The Kier molecular flexibility index (Phi) is 5.75. The average molecular weight is 403 g/mol. The molecule has 0 aliphatic heterocycles. The molecular weight excluding hydrogens is 384 g/mol. The van der Waals surface area contributed by atoms with E-state index in [1.54, 1.807) is 11.8 Å². The number of anilines is 1. The molecule has 0 spiro atoms. The summed E-state index contributed by atoms with van der Waals surface area (Å²) in [6.45, 7) is 0. The monoisotopic (exact) mass is 402 g/mol. The Hall–Kier alpha value is -1.58. The van der Waals surface area contributed by atoms with E-state index in [1.165, 1.54) is 24.8 Å². The van der Waals surface area contributed by atoms with E-state index in [4.69, 9.17) is 10.7 Å². The van der Waals surface area contributed by atoms with Crippen molar-refractivity contribution in [1.29, 1.82) is 5.26 Å². The molecule has 0 amide bonds. The molecule has 0 bridgehead atoms.